The first-order chi connectivity index (χ1) is 17.1. The van der Waals surface area contributed by atoms with Crippen molar-refractivity contribution in [3.63, 3.8) is 0 Å². The number of carbonyl (C=O) groups is 1. The Kier molecular flexibility index (Phi) is 10.4. The van der Waals surface area contributed by atoms with E-state index >= 15 is 0 Å². The lowest BCUT2D eigenvalue weighted by Gasteiger charge is -2.30. The van der Waals surface area contributed by atoms with Crippen LogP contribution in [0.3, 0.4) is 0 Å². The van der Waals surface area contributed by atoms with Crippen molar-refractivity contribution in [2.24, 2.45) is 0 Å². The summed E-state index contributed by atoms with van der Waals surface area (Å²) in [6.45, 7) is 10.7. The first-order valence-corrected chi connectivity index (χ1v) is 12.0. The van der Waals surface area contributed by atoms with E-state index in [9.17, 15) is 10.1 Å². The summed E-state index contributed by atoms with van der Waals surface area (Å²) in [5, 5.41) is 15.6. The van der Waals surface area contributed by atoms with E-state index in [1.54, 1.807) is 24.1 Å². The molecule has 2 aromatic carbocycles. The standard InChI is InChI=1S/C27H35N5O3/c1-22(20-31-14-11-29-12-15-31)21-32(13-6-16-35-26-10-4-3-8-24(26)18-28)27(33)30-19-23-7-5-9-25(17-23)34-2/h3-5,7-10,17,29H,1,6,11-16,19-21H2,2H3,(H,30,33). The fourth-order valence-electron chi connectivity index (χ4n) is 3.95. The molecule has 186 valence electrons. The van der Waals surface area contributed by atoms with Gasteiger partial charge in [-0.15, -0.1) is 0 Å². The van der Waals surface area contributed by atoms with Gasteiger partial charge in [0, 0.05) is 52.4 Å². The number of rotatable bonds is 12. The van der Waals surface area contributed by atoms with Crippen LogP contribution in [0.25, 0.3) is 0 Å². The Balaban J connectivity index is 1.55. The van der Waals surface area contributed by atoms with Gasteiger partial charge in [0.25, 0.3) is 0 Å². The van der Waals surface area contributed by atoms with Crippen molar-refractivity contribution in [1.82, 2.24) is 20.4 Å². The molecule has 35 heavy (non-hydrogen) atoms. The van der Waals surface area contributed by atoms with Crippen molar-refractivity contribution >= 4 is 6.03 Å². The summed E-state index contributed by atoms with van der Waals surface area (Å²) in [4.78, 5) is 17.2. The summed E-state index contributed by atoms with van der Waals surface area (Å²) in [7, 11) is 1.63. The van der Waals surface area contributed by atoms with Gasteiger partial charge in [0.05, 0.1) is 19.3 Å². The lowest BCUT2D eigenvalue weighted by molar-refractivity contribution is 0.192. The summed E-state index contributed by atoms with van der Waals surface area (Å²) in [6.07, 6.45) is 0.632. The van der Waals surface area contributed by atoms with Crippen LogP contribution in [0.5, 0.6) is 11.5 Å². The molecule has 0 spiro atoms. The van der Waals surface area contributed by atoms with Crippen molar-refractivity contribution < 1.29 is 14.3 Å². The third kappa shape index (κ3) is 8.63. The van der Waals surface area contributed by atoms with Crippen LogP contribution >= 0.6 is 0 Å². The first-order valence-electron chi connectivity index (χ1n) is 12.0. The van der Waals surface area contributed by atoms with Gasteiger partial charge in [-0.3, -0.25) is 4.90 Å². The summed E-state index contributed by atoms with van der Waals surface area (Å²) in [6, 6.07) is 16.8. The van der Waals surface area contributed by atoms with E-state index in [0.717, 1.165) is 49.6 Å². The maximum atomic E-state index is 13.1. The van der Waals surface area contributed by atoms with Crippen LogP contribution in [0, 0.1) is 11.3 Å². The normalized spacial score (nSPS) is 13.5. The third-order valence-electron chi connectivity index (χ3n) is 5.77. The van der Waals surface area contributed by atoms with Gasteiger partial charge in [-0.25, -0.2) is 4.79 Å². The molecule has 1 aliphatic heterocycles. The SMILES string of the molecule is C=C(CN1CCNCC1)CN(CCCOc1ccccc1C#N)C(=O)NCc1cccc(OC)c1. The molecule has 0 aromatic heterocycles. The average Bonchev–Trinajstić information content (AvgIpc) is 2.89. The van der Waals surface area contributed by atoms with Crippen LogP contribution in [0.1, 0.15) is 17.5 Å². The van der Waals surface area contributed by atoms with Crippen molar-refractivity contribution in [3.8, 4) is 17.6 Å². The maximum Gasteiger partial charge on any atom is 0.317 e. The molecule has 2 aromatic rings. The number of nitrogens with one attached hydrogen (secondary N) is 2. The van der Waals surface area contributed by atoms with Gasteiger partial charge >= 0.3 is 6.03 Å². The molecule has 1 fully saturated rings. The van der Waals surface area contributed by atoms with E-state index in [1.807, 2.05) is 36.4 Å². The number of urea groups is 1. The fraction of sp³-hybridized carbons (Fsp3) is 0.407. The minimum absolute atomic E-state index is 0.147. The van der Waals surface area contributed by atoms with Gasteiger partial charge < -0.3 is 25.0 Å². The number of methoxy groups -OCH3 is 1. The lowest BCUT2D eigenvalue weighted by Crippen LogP contribution is -2.46. The van der Waals surface area contributed by atoms with Crippen molar-refractivity contribution in [2.45, 2.75) is 13.0 Å². The quantitative estimate of drug-likeness (QED) is 0.361. The van der Waals surface area contributed by atoms with Crippen LogP contribution < -0.4 is 20.1 Å². The van der Waals surface area contributed by atoms with Gasteiger partial charge in [-0.1, -0.05) is 30.8 Å². The molecule has 8 heteroatoms. The van der Waals surface area contributed by atoms with Crippen molar-refractivity contribution in [1.29, 1.82) is 5.26 Å². The van der Waals surface area contributed by atoms with E-state index in [0.29, 0.717) is 44.0 Å². The minimum Gasteiger partial charge on any atom is -0.497 e. The summed E-state index contributed by atoms with van der Waals surface area (Å²) >= 11 is 0. The Hall–Kier alpha value is -3.54. The molecule has 2 amide bonds. The van der Waals surface area contributed by atoms with Crippen LogP contribution in [0.15, 0.2) is 60.7 Å². The molecule has 0 radical (unpaired) electrons. The Morgan fingerprint density at radius 3 is 2.80 bits per heavy atom. The molecule has 1 aliphatic rings. The number of hydrogen-bond acceptors (Lipinski definition) is 6. The van der Waals surface area contributed by atoms with Crippen LogP contribution in [-0.2, 0) is 6.54 Å². The van der Waals surface area contributed by atoms with Gasteiger partial charge in [-0.05, 0) is 41.8 Å². The minimum atomic E-state index is -0.147. The zero-order valence-electron chi connectivity index (χ0n) is 20.5. The van der Waals surface area contributed by atoms with Crippen LogP contribution in [0.2, 0.25) is 0 Å². The Morgan fingerprint density at radius 1 is 1.23 bits per heavy atom. The molecule has 0 unspecified atom stereocenters. The number of para-hydroxylation sites is 1. The van der Waals surface area contributed by atoms with Crippen LogP contribution in [-0.4, -0.2) is 75.4 Å². The Bertz CT molecular complexity index is 1010. The fourth-order valence-corrected chi connectivity index (χ4v) is 3.95. The molecule has 8 nitrogen and oxygen atoms in total. The van der Waals surface area contributed by atoms with E-state index in [4.69, 9.17) is 9.47 Å². The number of benzene rings is 2. The highest BCUT2D eigenvalue weighted by Crippen LogP contribution is 2.17. The monoisotopic (exact) mass is 477 g/mol. The highest BCUT2D eigenvalue weighted by Gasteiger charge is 2.17. The first kappa shape index (κ1) is 26.1. The predicted octanol–water partition coefficient (Wildman–Crippen LogP) is 3.01. The molecule has 0 saturated carbocycles. The van der Waals surface area contributed by atoms with Gasteiger partial charge in [0.15, 0.2) is 0 Å². The summed E-state index contributed by atoms with van der Waals surface area (Å²) < 4.78 is 11.1. The van der Waals surface area contributed by atoms with E-state index in [-0.39, 0.29) is 6.03 Å². The molecular weight excluding hydrogens is 442 g/mol. The van der Waals surface area contributed by atoms with E-state index < -0.39 is 0 Å². The molecular formula is C27H35N5O3. The Morgan fingerprint density at radius 2 is 2.03 bits per heavy atom. The van der Waals surface area contributed by atoms with Gasteiger partial charge in [0.2, 0.25) is 0 Å². The number of piperazine rings is 1. The largest absolute Gasteiger partial charge is 0.497 e. The molecule has 0 bridgehead atoms. The number of ether oxygens (including phenoxy) is 2. The second-order valence-corrected chi connectivity index (χ2v) is 8.52. The second-order valence-electron chi connectivity index (χ2n) is 8.52. The number of nitriles is 1. The molecule has 0 aliphatic carbocycles. The van der Waals surface area contributed by atoms with E-state index in [1.165, 1.54) is 0 Å². The second kappa shape index (κ2) is 14.0. The number of amides is 2. The third-order valence-corrected chi connectivity index (χ3v) is 5.77. The van der Waals surface area contributed by atoms with Gasteiger partial charge in [-0.2, -0.15) is 5.26 Å². The topological polar surface area (TPSA) is 89.9 Å². The molecule has 0 atom stereocenters. The smallest absolute Gasteiger partial charge is 0.317 e. The number of carbonyl (C=O) groups excluding carboxylic acids is 1. The molecule has 1 heterocycles. The number of nitrogens with zero attached hydrogens (tertiary/aromatic N) is 3. The zero-order valence-corrected chi connectivity index (χ0v) is 20.5. The van der Waals surface area contributed by atoms with Crippen molar-refractivity contribution in [3.05, 3.63) is 71.8 Å². The van der Waals surface area contributed by atoms with Crippen molar-refractivity contribution in [2.75, 3.05) is 59.5 Å². The van der Waals surface area contributed by atoms with Gasteiger partial charge in [0.1, 0.15) is 17.6 Å². The highest BCUT2D eigenvalue weighted by molar-refractivity contribution is 5.74. The molecule has 2 N–H and O–H groups in total. The zero-order chi connectivity index (χ0) is 24.9. The summed E-state index contributed by atoms with van der Waals surface area (Å²) in [5.41, 5.74) is 2.47. The predicted molar refractivity (Wildman–Crippen MR) is 137 cm³/mol. The summed E-state index contributed by atoms with van der Waals surface area (Å²) in [5.74, 6) is 1.32. The van der Waals surface area contributed by atoms with Crippen LogP contribution in [0.4, 0.5) is 4.79 Å². The maximum absolute atomic E-state index is 13.1. The number of hydrogen-bond donors (Lipinski definition) is 2. The highest BCUT2D eigenvalue weighted by atomic mass is 16.5. The Labute approximate surface area is 208 Å². The lowest BCUT2D eigenvalue weighted by atomic mass is 10.2. The average molecular weight is 478 g/mol. The van der Waals surface area contributed by atoms with E-state index in [2.05, 4.69) is 28.2 Å². The molecule has 3 rings (SSSR count). The molecule has 1 saturated heterocycles.